The first kappa shape index (κ1) is 18.2. The van der Waals surface area contributed by atoms with Gasteiger partial charge in [0.15, 0.2) is 0 Å². The Morgan fingerprint density at radius 2 is 1.81 bits per heavy atom. The fourth-order valence-corrected chi connectivity index (χ4v) is 2.58. The predicted octanol–water partition coefficient (Wildman–Crippen LogP) is 3.79. The van der Waals surface area contributed by atoms with Crippen LogP contribution in [0, 0.1) is 6.92 Å². The molecule has 1 aromatic heterocycles. The van der Waals surface area contributed by atoms with Crippen LogP contribution in [0.25, 0.3) is 0 Å². The van der Waals surface area contributed by atoms with Gasteiger partial charge in [0.25, 0.3) is 5.91 Å². The first-order chi connectivity index (χ1) is 13.0. The molecule has 3 rings (SSSR count). The molecule has 0 unspecified atom stereocenters. The van der Waals surface area contributed by atoms with Crippen molar-refractivity contribution in [3.63, 3.8) is 0 Å². The van der Waals surface area contributed by atoms with E-state index in [9.17, 15) is 4.79 Å². The summed E-state index contributed by atoms with van der Waals surface area (Å²) in [6, 6.07) is 13.0. The standard InChI is InChI=1S/C20H22N6O/c1-3-22-15-8-7-13(2)18(10-15)19(27)25-17-11-23-20(24-12-17)26-16-6-4-5-14(21)9-16/h4-12,22H,3,21H2,1-2H3,(H,25,27)(H,23,24,26). The van der Waals surface area contributed by atoms with Crippen molar-refractivity contribution in [2.75, 3.05) is 28.2 Å². The van der Waals surface area contributed by atoms with Crippen LogP contribution in [0.2, 0.25) is 0 Å². The lowest BCUT2D eigenvalue weighted by atomic mass is 10.1. The Labute approximate surface area is 158 Å². The number of nitrogens with one attached hydrogen (secondary N) is 3. The highest BCUT2D eigenvalue weighted by Gasteiger charge is 2.11. The molecule has 0 atom stereocenters. The van der Waals surface area contributed by atoms with Crippen molar-refractivity contribution in [2.45, 2.75) is 13.8 Å². The molecule has 0 saturated carbocycles. The third-order valence-corrected chi connectivity index (χ3v) is 3.92. The molecule has 0 fully saturated rings. The molecular formula is C20H22N6O. The maximum atomic E-state index is 12.6. The van der Waals surface area contributed by atoms with E-state index in [2.05, 4.69) is 25.9 Å². The maximum absolute atomic E-state index is 12.6. The summed E-state index contributed by atoms with van der Waals surface area (Å²) in [6.07, 6.45) is 3.12. The summed E-state index contributed by atoms with van der Waals surface area (Å²) in [4.78, 5) is 21.0. The number of nitrogen functional groups attached to an aromatic ring is 1. The second kappa shape index (κ2) is 8.18. The molecular weight excluding hydrogens is 340 g/mol. The van der Waals surface area contributed by atoms with E-state index in [1.165, 1.54) is 0 Å². The summed E-state index contributed by atoms with van der Waals surface area (Å²) < 4.78 is 0. The highest BCUT2D eigenvalue weighted by Crippen LogP contribution is 2.19. The molecule has 7 nitrogen and oxygen atoms in total. The van der Waals surface area contributed by atoms with Gasteiger partial charge in [-0.1, -0.05) is 12.1 Å². The Balaban J connectivity index is 1.69. The van der Waals surface area contributed by atoms with E-state index >= 15 is 0 Å². The van der Waals surface area contributed by atoms with Gasteiger partial charge in [0.1, 0.15) is 0 Å². The van der Waals surface area contributed by atoms with E-state index in [4.69, 9.17) is 5.73 Å². The number of anilines is 5. The van der Waals surface area contributed by atoms with Gasteiger partial charge in [-0.25, -0.2) is 9.97 Å². The van der Waals surface area contributed by atoms with Crippen molar-refractivity contribution in [1.82, 2.24) is 9.97 Å². The third kappa shape index (κ3) is 4.72. The van der Waals surface area contributed by atoms with Gasteiger partial charge in [0.05, 0.1) is 18.1 Å². The fourth-order valence-electron chi connectivity index (χ4n) is 2.58. The van der Waals surface area contributed by atoms with Crippen LogP contribution >= 0.6 is 0 Å². The summed E-state index contributed by atoms with van der Waals surface area (Å²) in [5.74, 6) is 0.219. The van der Waals surface area contributed by atoms with Gasteiger partial charge in [0, 0.05) is 29.2 Å². The monoisotopic (exact) mass is 362 g/mol. The van der Waals surface area contributed by atoms with Crippen LogP contribution < -0.4 is 21.7 Å². The lowest BCUT2D eigenvalue weighted by Crippen LogP contribution is -2.14. The highest BCUT2D eigenvalue weighted by atomic mass is 16.1. The second-order valence-corrected chi connectivity index (χ2v) is 6.06. The van der Waals surface area contributed by atoms with E-state index in [1.807, 2.05) is 44.2 Å². The minimum Gasteiger partial charge on any atom is -0.399 e. The van der Waals surface area contributed by atoms with Gasteiger partial charge in [-0.2, -0.15) is 0 Å². The number of aryl methyl sites for hydroxylation is 1. The van der Waals surface area contributed by atoms with Gasteiger partial charge < -0.3 is 21.7 Å². The van der Waals surface area contributed by atoms with E-state index in [1.54, 1.807) is 24.5 Å². The maximum Gasteiger partial charge on any atom is 0.256 e. The SMILES string of the molecule is CCNc1ccc(C)c(C(=O)Nc2cnc(Nc3cccc(N)c3)nc2)c1. The van der Waals surface area contributed by atoms with Crippen molar-refractivity contribution >= 4 is 34.6 Å². The lowest BCUT2D eigenvalue weighted by molar-refractivity contribution is 0.102. The third-order valence-electron chi connectivity index (χ3n) is 3.92. The summed E-state index contributed by atoms with van der Waals surface area (Å²) in [7, 11) is 0. The van der Waals surface area contributed by atoms with E-state index in [0.29, 0.717) is 22.9 Å². The Bertz CT molecular complexity index is 939. The Kier molecular flexibility index (Phi) is 5.51. The number of carbonyl (C=O) groups excluding carboxylic acids is 1. The average molecular weight is 362 g/mol. The van der Waals surface area contributed by atoms with Crippen LogP contribution in [-0.2, 0) is 0 Å². The average Bonchev–Trinajstić information content (AvgIpc) is 2.65. The number of benzene rings is 2. The molecule has 0 bridgehead atoms. The quantitative estimate of drug-likeness (QED) is 0.497. The van der Waals surface area contributed by atoms with E-state index in [0.717, 1.165) is 23.5 Å². The Hall–Kier alpha value is -3.61. The number of hydrogen-bond donors (Lipinski definition) is 4. The smallest absolute Gasteiger partial charge is 0.256 e. The Morgan fingerprint density at radius 3 is 2.52 bits per heavy atom. The van der Waals surface area contributed by atoms with Gasteiger partial charge in [0.2, 0.25) is 5.95 Å². The van der Waals surface area contributed by atoms with Gasteiger partial charge >= 0.3 is 0 Å². The molecule has 0 saturated heterocycles. The molecule has 0 aliphatic rings. The van der Waals surface area contributed by atoms with Gasteiger partial charge in [-0.05, 0) is 49.7 Å². The largest absolute Gasteiger partial charge is 0.399 e. The molecule has 0 aliphatic carbocycles. The lowest BCUT2D eigenvalue weighted by Gasteiger charge is -2.11. The van der Waals surface area contributed by atoms with E-state index in [-0.39, 0.29) is 5.91 Å². The summed E-state index contributed by atoms with van der Waals surface area (Å²) >= 11 is 0. The zero-order valence-corrected chi connectivity index (χ0v) is 15.3. The van der Waals surface area contributed by atoms with Crippen molar-refractivity contribution in [2.24, 2.45) is 0 Å². The first-order valence-corrected chi connectivity index (χ1v) is 8.65. The summed E-state index contributed by atoms with van der Waals surface area (Å²) in [5, 5.41) is 9.10. The zero-order valence-electron chi connectivity index (χ0n) is 15.3. The first-order valence-electron chi connectivity index (χ1n) is 8.65. The molecule has 27 heavy (non-hydrogen) atoms. The number of hydrogen-bond acceptors (Lipinski definition) is 6. The van der Waals surface area contributed by atoms with Crippen LogP contribution in [0.4, 0.5) is 28.7 Å². The fraction of sp³-hybridized carbons (Fsp3) is 0.150. The molecule has 0 radical (unpaired) electrons. The molecule has 1 heterocycles. The highest BCUT2D eigenvalue weighted by molar-refractivity contribution is 6.05. The number of nitrogens with two attached hydrogens (primary N) is 1. The van der Waals surface area contributed by atoms with Gasteiger partial charge in [-0.15, -0.1) is 0 Å². The summed E-state index contributed by atoms with van der Waals surface area (Å²) in [5.41, 5.74) is 10.1. The minimum atomic E-state index is -0.201. The van der Waals surface area contributed by atoms with Crippen LogP contribution in [0.3, 0.4) is 0 Å². The number of aromatic nitrogens is 2. The molecule has 7 heteroatoms. The van der Waals surface area contributed by atoms with Crippen molar-refractivity contribution in [3.05, 3.63) is 66.0 Å². The predicted molar refractivity (Wildman–Crippen MR) is 109 cm³/mol. The molecule has 1 amide bonds. The number of amides is 1. The molecule has 0 spiro atoms. The van der Waals surface area contributed by atoms with Crippen LogP contribution in [-0.4, -0.2) is 22.4 Å². The van der Waals surface area contributed by atoms with E-state index < -0.39 is 0 Å². The minimum absolute atomic E-state index is 0.201. The van der Waals surface area contributed by atoms with Gasteiger partial charge in [-0.3, -0.25) is 4.79 Å². The molecule has 5 N–H and O–H groups in total. The topological polar surface area (TPSA) is 105 Å². The number of nitrogens with zero attached hydrogens (tertiary/aromatic N) is 2. The molecule has 0 aliphatic heterocycles. The van der Waals surface area contributed by atoms with Crippen LogP contribution in [0.15, 0.2) is 54.9 Å². The zero-order chi connectivity index (χ0) is 19.2. The number of rotatable bonds is 6. The second-order valence-electron chi connectivity index (χ2n) is 6.06. The van der Waals surface area contributed by atoms with Crippen molar-refractivity contribution < 1.29 is 4.79 Å². The Morgan fingerprint density at radius 1 is 1.04 bits per heavy atom. The van der Waals surface area contributed by atoms with Crippen LogP contribution in [0.5, 0.6) is 0 Å². The normalized spacial score (nSPS) is 10.3. The molecule has 138 valence electrons. The number of carbonyl (C=O) groups is 1. The van der Waals surface area contributed by atoms with Crippen molar-refractivity contribution in [1.29, 1.82) is 0 Å². The summed E-state index contributed by atoms with van der Waals surface area (Å²) in [6.45, 7) is 4.70. The molecule has 2 aromatic carbocycles. The van der Waals surface area contributed by atoms with Crippen LogP contribution in [0.1, 0.15) is 22.8 Å². The van der Waals surface area contributed by atoms with Crippen molar-refractivity contribution in [3.8, 4) is 0 Å². The molecule has 3 aromatic rings.